The Balaban J connectivity index is 0.00000364. The molecule has 0 heterocycles. The van der Waals surface area contributed by atoms with Gasteiger partial charge in [0.15, 0.2) is 5.96 Å². The summed E-state index contributed by atoms with van der Waals surface area (Å²) in [7, 11) is 1.67. The van der Waals surface area contributed by atoms with Crippen LogP contribution >= 0.6 is 24.0 Å². The van der Waals surface area contributed by atoms with E-state index in [1.807, 2.05) is 50.2 Å². The van der Waals surface area contributed by atoms with Gasteiger partial charge in [0.05, 0.1) is 13.2 Å². The van der Waals surface area contributed by atoms with Crippen LogP contribution in [0.4, 0.5) is 5.69 Å². The van der Waals surface area contributed by atoms with E-state index in [1.165, 1.54) is 5.56 Å². The standard InChI is InChI=1S/C21H29N3O2.HI/c1-15(2)26-20-11-7-18(8-12-20)24-21(22)23-14-13-16(3)17-5-9-19(25-4)10-6-17;/h5-12,15-16H,13-14H2,1-4H3,(H3,22,23,24);1H. The lowest BCUT2D eigenvalue weighted by molar-refractivity contribution is 0.242. The number of nitrogens with zero attached hydrogens (tertiary/aromatic N) is 1. The number of anilines is 1. The third-order valence-corrected chi connectivity index (χ3v) is 4.03. The van der Waals surface area contributed by atoms with Gasteiger partial charge < -0.3 is 20.5 Å². The van der Waals surface area contributed by atoms with E-state index in [-0.39, 0.29) is 30.1 Å². The first-order chi connectivity index (χ1) is 12.5. The van der Waals surface area contributed by atoms with Crippen LogP contribution in [0.5, 0.6) is 11.5 Å². The molecule has 0 radical (unpaired) electrons. The van der Waals surface area contributed by atoms with E-state index in [0.717, 1.165) is 23.6 Å². The molecular weight excluding hydrogens is 453 g/mol. The summed E-state index contributed by atoms with van der Waals surface area (Å²) in [5.41, 5.74) is 8.14. The Morgan fingerprint density at radius 1 is 1.00 bits per heavy atom. The number of guanidine groups is 1. The largest absolute Gasteiger partial charge is 0.497 e. The number of ether oxygens (including phenoxy) is 2. The molecule has 0 bridgehead atoms. The zero-order chi connectivity index (χ0) is 18.9. The van der Waals surface area contributed by atoms with Gasteiger partial charge in [-0.2, -0.15) is 0 Å². The van der Waals surface area contributed by atoms with E-state index < -0.39 is 0 Å². The zero-order valence-corrected chi connectivity index (χ0v) is 18.8. The van der Waals surface area contributed by atoms with Crippen molar-refractivity contribution in [1.82, 2.24) is 0 Å². The number of methoxy groups -OCH3 is 1. The maximum absolute atomic E-state index is 5.98. The van der Waals surface area contributed by atoms with Crippen molar-refractivity contribution >= 4 is 35.6 Å². The van der Waals surface area contributed by atoms with Crippen LogP contribution in [-0.4, -0.2) is 25.7 Å². The van der Waals surface area contributed by atoms with Crippen LogP contribution in [-0.2, 0) is 0 Å². The lowest BCUT2D eigenvalue weighted by Crippen LogP contribution is -2.23. The molecule has 0 aliphatic heterocycles. The molecule has 1 unspecified atom stereocenters. The molecule has 5 nitrogen and oxygen atoms in total. The predicted octanol–water partition coefficient (Wildman–Crippen LogP) is 5.02. The van der Waals surface area contributed by atoms with Crippen LogP contribution < -0.4 is 20.5 Å². The Hall–Kier alpha value is -1.96. The fraction of sp³-hybridized carbons (Fsp3) is 0.381. The highest BCUT2D eigenvalue weighted by molar-refractivity contribution is 14.0. The number of hydrogen-bond acceptors (Lipinski definition) is 3. The van der Waals surface area contributed by atoms with Crippen LogP contribution in [0.25, 0.3) is 0 Å². The van der Waals surface area contributed by atoms with Gasteiger partial charge >= 0.3 is 0 Å². The number of benzene rings is 2. The highest BCUT2D eigenvalue weighted by atomic mass is 127. The molecule has 6 heteroatoms. The summed E-state index contributed by atoms with van der Waals surface area (Å²) in [5.74, 6) is 2.54. The first kappa shape index (κ1) is 23.1. The van der Waals surface area contributed by atoms with E-state index in [4.69, 9.17) is 15.2 Å². The van der Waals surface area contributed by atoms with Gasteiger partial charge in [-0.3, -0.25) is 4.99 Å². The monoisotopic (exact) mass is 483 g/mol. The summed E-state index contributed by atoms with van der Waals surface area (Å²) in [4.78, 5) is 4.42. The van der Waals surface area contributed by atoms with Gasteiger partial charge in [-0.1, -0.05) is 19.1 Å². The second-order valence-corrected chi connectivity index (χ2v) is 6.55. The second kappa shape index (κ2) is 11.7. The van der Waals surface area contributed by atoms with Crippen molar-refractivity contribution < 1.29 is 9.47 Å². The van der Waals surface area contributed by atoms with Crippen molar-refractivity contribution in [2.45, 2.75) is 39.2 Å². The first-order valence-electron chi connectivity index (χ1n) is 8.95. The maximum Gasteiger partial charge on any atom is 0.193 e. The van der Waals surface area contributed by atoms with Crippen molar-refractivity contribution in [1.29, 1.82) is 0 Å². The maximum atomic E-state index is 5.98. The van der Waals surface area contributed by atoms with Gasteiger partial charge in [0.1, 0.15) is 11.5 Å². The van der Waals surface area contributed by atoms with Crippen molar-refractivity contribution in [2.24, 2.45) is 10.7 Å². The normalized spacial score (nSPS) is 12.3. The fourth-order valence-corrected chi connectivity index (χ4v) is 2.55. The van der Waals surface area contributed by atoms with Crippen molar-refractivity contribution in [3.63, 3.8) is 0 Å². The van der Waals surface area contributed by atoms with Crippen molar-refractivity contribution in [3.05, 3.63) is 54.1 Å². The van der Waals surface area contributed by atoms with E-state index in [0.29, 0.717) is 18.4 Å². The number of rotatable bonds is 8. The number of hydrogen-bond donors (Lipinski definition) is 2. The Labute approximate surface area is 179 Å². The lowest BCUT2D eigenvalue weighted by atomic mass is 9.98. The summed E-state index contributed by atoms with van der Waals surface area (Å²) in [6.45, 7) is 6.86. The van der Waals surface area contributed by atoms with Gasteiger partial charge in [0.2, 0.25) is 0 Å². The molecule has 1 atom stereocenters. The van der Waals surface area contributed by atoms with Gasteiger partial charge in [0.25, 0.3) is 0 Å². The van der Waals surface area contributed by atoms with E-state index in [9.17, 15) is 0 Å². The van der Waals surface area contributed by atoms with Crippen molar-refractivity contribution in [2.75, 3.05) is 19.0 Å². The fourth-order valence-electron chi connectivity index (χ4n) is 2.55. The average molecular weight is 483 g/mol. The third-order valence-electron chi connectivity index (χ3n) is 4.03. The summed E-state index contributed by atoms with van der Waals surface area (Å²) in [6, 6.07) is 15.9. The molecular formula is C21H30IN3O2. The Morgan fingerprint density at radius 3 is 2.15 bits per heavy atom. The SMILES string of the molecule is COc1ccc(C(C)CCN=C(N)Nc2ccc(OC(C)C)cc2)cc1.I. The van der Waals surface area contributed by atoms with Gasteiger partial charge in [0, 0.05) is 12.2 Å². The number of nitrogens with one attached hydrogen (secondary N) is 1. The Morgan fingerprint density at radius 2 is 1.59 bits per heavy atom. The number of halogens is 1. The van der Waals surface area contributed by atoms with Gasteiger partial charge in [-0.15, -0.1) is 24.0 Å². The van der Waals surface area contributed by atoms with E-state index in [2.05, 4.69) is 29.4 Å². The Kier molecular flexibility index (Phi) is 9.99. The molecule has 27 heavy (non-hydrogen) atoms. The van der Waals surface area contributed by atoms with E-state index >= 15 is 0 Å². The Bertz CT molecular complexity index is 700. The molecule has 0 spiro atoms. The molecule has 0 aliphatic rings. The van der Waals surface area contributed by atoms with Gasteiger partial charge in [-0.25, -0.2) is 0 Å². The molecule has 0 saturated carbocycles. The van der Waals surface area contributed by atoms with Crippen LogP contribution in [0, 0.1) is 0 Å². The predicted molar refractivity (Wildman–Crippen MR) is 124 cm³/mol. The van der Waals surface area contributed by atoms with Crippen LogP contribution in [0.15, 0.2) is 53.5 Å². The molecule has 148 valence electrons. The van der Waals surface area contributed by atoms with Crippen LogP contribution in [0.3, 0.4) is 0 Å². The molecule has 2 rings (SSSR count). The summed E-state index contributed by atoms with van der Waals surface area (Å²) < 4.78 is 10.8. The van der Waals surface area contributed by atoms with Gasteiger partial charge in [-0.05, 0) is 68.1 Å². The first-order valence-corrected chi connectivity index (χ1v) is 8.95. The van der Waals surface area contributed by atoms with Crippen LogP contribution in [0.1, 0.15) is 38.7 Å². The van der Waals surface area contributed by atoms with Crippen LogP contribution in [0.2, 0.25) is 0 Å². The quantitative estimate of drug-likeness (QED) is 0.314. The number of aliphatic imine (C=N–C) groups is 1. The minimum Gasteiger partial charge on any atom is -0.497 e. The van der Waals surface area contributed by atoms with E-state index in [1.54, 1.807) is 7.11 Å². The minimum atomic E-state index is 0. The minimum absolute atomic E-state index is 0. The molecule has 3 N–H and O–H groups in total. The summed E-state index contributed by atoms with van der Waals surface area (Å²) in [6.07, 6.45) is 1.09. The zero-order valence-electron chi connectivity index (χ0n) is 16.4. The summed E-state index contributed by atoms with van der Waals surface area (Å²) in [5, 5.41) is 3.11. The average Bonchev–Trinajstić information content (AvgIpc) is 2.63. The molecule has 0 amide bonds. The second-order valence-electron chi connectivity index (χ2n) is 6.55. The molecule has 0 fully saturated rings. The van der Waals surface area contributed by atoms with Crippen molar-refractivity contribution in [3.8, 4) is 11.5 Å². The molecule has 0 aromatic heterocycles. The highest BCUT2D eigenvalue weighted by Gasteiger charge is 2.05. The molecule has 0 saturated heterocycles. The third kappa shape index (κ3) is 8.07. The smallest absolute Gasteiger partial charge is 0.193 e. The topological polar surface area (TPSA) is 68.9 Å². The molecule has 2 aromatic rings. The lowest BCUT2D eigenvalue weighted by Gasteiger charge is -2.12. The molecule has 2 aromatic carbocycles. The summed E-state index contributed by atoms with van der Waals surface area (Å²) >= 11 is 0. The highest BCUT2D eigenvalue weighted by Crippen LogP contribution is 2.22. The molecule has 0 aliphatic carbocycles. The number of nitrogens with two attached hydrogens (primary N) is 1.